The van der Waals surface area contributed by atoms with Crippen LogP contribution < -0.4 is 0 Å². The summed E-state index contributed by atoms with van der Waals surface area (Å²) in [6.45, 7) is 0. The summed E-state index contributed by atoms with van der Waals surface area (Å²) in [5.74, 6) is 0. The quantitative estimate of drug-likeness (QED) is 0.481. The van der Waals surface area contributed by atoms with Gasteiger partial charge in [-0.3, -0.25) is 0 Å². The smallest absolute Gasteiger partial charge is 0 e. The molecule has 0 amide bonds. The predicted molar refractivity (Wildman–Crippen MR) is 7.23 cm³/mol. The Hall–Kier alpha value is 1.40. The second-order valence-corrected chi connectivity index (χ2v) is 0. The van der Waals surface area contributed by atoms with Crippen molar-refractivity contribution in [3.8, 4) is 0 Å². The average molecular weight is 310 g/mol. The minimum atomic E-state index is 0. The molecule has 0 aliphatic rings. The first-order chi connectivity index (χ1) is 0. The molecule has 0 saturated heterocycles. The average Bonchev–Trinajstić information content (AvgIpc) is 0. The van der Waals surface area contributed by atoms with Gasteiger partial charge in [-0.25, -0.2) is 0 Å². The molecule has 26 valence electrons. The Morgan fingerprint density at radius 1 is 0.750 bits per heavy atom. The molecule has 0 aliphatic carbocycles. The van der Waals surface area contributed by atoms with Gasteiger partial charge in [0.05, 0.1) is 0 Å². The van der Waals surface area contributed by atoms with E-state index in [9.17, 15) is 0 Å². The van der Waals surface area contributed by atoms with Crippen LogP contribution >= 0.6 is 0 Å². The zero-order chi connectivity index (χ0) is 0. The van der Waals surface area contributed by atoms with E-state index in [1.807, 2.05) is 0 Å². The van der Waals surface area contributed by atoms with Crippen LogP contribution in [0, 0.1) is 0 Å². The van der Waals surface area contributed by atoms with E-state index in [-0.39, 0.29) is 55.7 Å². The van der Waals surface area contributed by atoms with Gasteiger partial charge in [0.1, 0.15) is 0 Å². The van der Waals surface area contributed by atoms with Crippen LogP contribution in [0.4, 0.5) is 0 Å². The molecule has 0 aliphatic heterocycles. The summed E-state index contributed by atoms with van der Waals surface area (Å²) in [5, 5.41) is 0. The summed E-state index contributed by atoms with van der Waals surface area (Å²) < 4.78 is 0. The Kier molecular flexibility index (Phi) is 346. The SMILES string of the molecule is O.O.[Nb].[Ta]. The van der Waals surface area contributed by atoms with E-state index < -0.39 is 0 Å². The van der Waals surface area contributed by atoms with Gasteiger partial charge in [0.25, 0.3) is 0 Å². The summed E-state index contributed by atoms with van der Waals surface area (Å²) >= 11 is 0. The number of hydrogen-bond acceptors (Lipinski definition) is 0. The molecule has 0 spiro atoms. The van der Waals surface area contributed by atoms with Crippen molar-refractivity contribution in [3.63, 3.8) is 0 Å². The van der Waals surface area contributed by atoms with Gasteiger partial charge < -0.3 is 11.0 Å². The Labute approximate surface area is 55.6 Å². The molecule has 0 aromatic rings. The molecule has 0 aromatic heterocycles. The van der Waals surface area contributed by atoms with Crippen molar-refractivity contribution >= 4 is 0 Å². The Bertz CT molecular complexity index is 6.00. The van der Waals surface area contributed by atoms with E-state index in [1.165, 1.54) is 0 Å². The summed E-state index contributed by atoms with van der Waals surface area (Å²) in [6.07, 6.45) is 0. The molecule has 2 nitrogen and oxygen atoms in total. The molecule has 0 saturated carbocycles. The van der Waals surface area contributed by atoms with Crippen LogP contribution in [0.3, 0.4) is 0 Å². The largest absolute Gasteiger partial charge is 0.412 e. The van der Waals surface area contributed by atoms with Gasteiger partial charge in [0.15, 0.2) is 0 Å². The van der Waals surface area contributed by atoms with Gasteiger partial charge in [-0.05, 0) is 0 Å². The van der Waals surface area contributed by atoms with E-state index in [0.717, 1.165) is 0 Å². The van der Waals surface area contributed by atoms with Gasteiger partial charge in [-0.2, -0.15) is 0 Å². The molecule has 0 aromatic carbocycles. The molecule has 0 heterocycles. The second-order valence-electron chi connectivity index (χ2n) is 0. The molecule has 4 heavy (non-hydrogen) atoms. The first-order valence-electron chi connectivity index (χ1n) is 0. The van der Waals surface area contributed by atoms with Crippen molar-refractivity contribution in [2.24, 2.45) is 0 Å². The summed E-state index contributed by atoms with van der Waals surface area (Å²) in [7, 11) is 0. The molecule has 0 fully saturated rings. The Morgan fingerprint density at radius 3 is 0.750 bits per heavy atom. The maximum atomic E-state index is 0. The molecular weight excluding hydrogens is 306 g/mol. The topological polar surface area (TPSA) is 63.0 Å². The van der Waals surface area contributed by atoms with Crippen molar-refractivity contribution in [3.05, 3.63) is 0 Å². The third kappa shape index (κ3) is 9.99. The van der Waals surface area contributed by atoms with Crippen LogP contribution in [0.2, 0.25) is 0 Å². The predicted octanol–water partition coefficient (Wildman–Crippen LogP) is -1.65. The third-order valence-corrected chi connectivity index (χ3v) is 0. The molecule has 0 rings (SSSR count). The fraction of sp³-hybridized carbons (Fsp3) is 0. The molecule has 0 atom stereocenters. The first-order valence-corrected chi connectivity index (χ1v) is 0. The minimum absolute atomic E-state index is 0. The van der Waals surface area contributed by atoms with E-state index >= 15 is 0 Å². The monoisotopic (exact) mass is 310 g/mol. The minimum Gasteiger partial charge on any atom is -0.412 e. The van der Waals surface area contributed by atoms with Crippen LogP contribution in [-0.4, -0.2) is 11.0 Å². The van der Waals surface area contributed by atoms with Crippen LogP contribution in [0.25, 0.3) is 0 Å². The Morgan fingerprint density at radius 2 is 0.750 bits per heavy atom. The Balaban J connectivity index is 0. The standard InChI is InChI=1S/Nb.2H2O.Ta/h;2*1H2;. The van der Waals surface area contributed by atoms with Crippen LogP contribution in [0.1, 0.15) is 0 Å². The van der Waals surface area contributed by atoms with E-state index in [2.05, 4.69) is 0 Å². The maximum absolute atomic E-state index is 0. The first kappa shape index (κ1) is 53.3. The fourth-order valence-electron chi connectivity index (χ4n) is 0. The molecule has 4 N–H and O–H groups in total. The van der Waals surface area contributed by atoms with Crippen molar-refractivity contribution in [2.75, 3.05) is 0 Å². The molecule has 4 heteroatoms. The second kappa shape index (κ2) is 25.9. The normalized spacial score (nSPS) is 0. The summed E-state index contributed by atoms with van der Waals surface area (Å²) in [6, 6.07) is 0. The van der Waals surface area contributed by atoms with Crippen molar-refractivity contribution in [1.29, 1.82) is 0 Å². The van der Waals surface area contributed by atoms with Crippen molar-refractivity contribution in [1.82, 2.24) is 0 Å². The molecular formula is H4NbO2Ta. The zero-order valence-electron chi connectivity index (χ0n) is 1.89. The van der Waals surface area contributed by atoms with Crippen molar-refractivity contribution in [2.45, 2.75) is 0 Å². The maximum Gasteiger partial charge on any atom is 0 e. The summed E-state index contributed by atoms with van der Waals surface area (Å²) in [5.41, 5.74) is 0. The molecule has 0 unspecified atom stereocenters. The molecule has 0 bridgehead atoms. The fourth-order valence-corrected chi connectivity index (χ4v) is 0. The van der Waals surface area contributed by atoms with Gasteiger partial charge in [0.2, 0.25) is 0 Å². The summed E-state index contributed by atoms with van der Waals surface area (Å²) in [4.78, 5) is 0. The van der Waals surface area contributed by atoms with E-state index in [0.29, 0.717) is 0 Å². The van der Waals surface area contributed by atoms with E-state index in [1.54, 1.807) is 0 Å². The van der Waals surface area contributed by atoms with Gasteiger partial charge in [0, 0.05) is 44.8 Å². The van der Waals surface area contributed by atoms with Crippen LogP contribution in [-0.2, 0) is 44.8 Å². The van der Waals surface area contributed by atoms with Gasteiger partial charge in [-0.1, -0.05) is 0 Å². The third-order valence-electron chi connectivity index (χ3n) is 0. The van der Waals surface area contributed by atoms with Crippen LogP contribution in [0.5, 0.6) is 0 Å². The zero-order valence-corrected chi connectivity index (χ0v) is 7.31. The number of rotatable bonds is 0. The van der Waals surface area contributed by atoms with Crippen LogP contribution in [0.15, 0.2) is 0 Å². The molecule has 2 radical (unpaired) electrons. The van der Waals surface area contributed by atoms with E-state index in [4.69, 9.17) is 0 Å². The van der Waals surface area contributed by atoms with Gasteiger partial charge >= 0.3 is 0 Å². The number of hydrogen-bond donors (Lipinski definition) is 0. The van der Waals surface area contributed by atoms with Gasteiger partial charge in [-0.15, -0.1) is 0 Å². The van der Waals surface area contributed by atoms with Crippen molar-refractivity contribution < 1.29 is 55.7 Å².